The summed E-state index contributed by atoms with van der Waals surface area (Å²) in [4.78, 5) is 0. The van der Waals surface area contributed by atoms with Crippen molar-refractivity contribution in [2.24, 2.45) is 0 Å². The third-order valence-electron chi connectivity index (χ3n) is 10.5. The summed E-state index contributed by atoms with van der Waals surface area (Å²) in [5, 5.41) is 6.22. The minimum atomic E-state index is -0.413. The molecular formula is C49H32N2O. The van der Waals surface area contributed by atoms with Crippen LogP contribution in [0.25, 0.3) is 99.2 Å². The number of fused-ring (bicyclic) bond motifs is 9. The van der Waals surface area contributed by atoms with Crippen LogP contribution in [-0.2, 0) is 0 Å². The summed E-state index contributed by atoms with van der Waals surface area (Å²) >= 11 is 0. The van der Waals surface area contributed by atoms with Gasteiger partial charge in [0.2, 0.25) is 0 Å². The molecule has 0 saturated heterocycles. The monoisotopic (exact) mass is 669 g/mol. The van der Waals surface area contributed by atoms with Crippen LogP contribution in [0.4, 0.5) is 0 Å². The minimum absolute atomic E-state index is 0.160. The Morgan fingerprint density at radius 2 is 1.04 bits per heavy atom. The van der Waals surface area contributed by atoms with Gasteiger partial charge < -0.3 is 13.6 Å². The first kappa shape index (κ1) is 24.3. The summed E-state index contributed by atoms with van der Waals surface area (Å²) in [5.41, 5.74) is 12.0. The van der Waals surface area contributed by atoms with E-state index in [1.165, 1.54) is 27.4 Å². The highest BCUT2D eigenvalue weighted by Crippen LogP contribution is 2.41. The Labute approximate surface area is 307 Å². The van der Waals surface area contributed by atoms with E-state index in [-0.39, 0.29) is 29.7 Å². The molecule has 0 atom stereocenters. The number of benzene rings is 8. The van der Waals surface area contributed by atoms with E-state index >= 15 is 0 Å². The van der Waals surface area contributed by atoms with Gasteiger partial charge in [-0.2, -0.15) is 0 Å². The van der Waals surface area contributed by atoms with Crippen LogP contribution in [0.3, 0.4) is 0 Å². The molecule has 0 unspecified atom stereocenters. The topological polar surface area (TPSA) is 23.0 Å². The molecule has 52 heavy (non-hydrogen) atoms. The van der Waals surface area contributed by atoms with Crippen molar-refractivity contribution in [3.8, 4) is 33.6 Å². The zero-order valence-corrected chi connectivity index (χ0v) is 28.2. The Morgan fingerprint density at radius 3 is 1.71 bits per heavy atom. The molecule has 244 valence electrons. The summed E-state index contributed by atoms with van der Waals surface area (Å²) in [6.07, 6.45) is 0. The third kappa shape index (κ3) is 4.26. The van der Waals surface area contributed by atoms with Gasteiger partial charge in [-0.05, 0) is 95.9 Å². The molecule has 0 saturated carbocycles. The minimum Gasteiger partial charge on any atom is -0.456 e. The second-order valence-electron chi connectivity index (χ2n) is 13.5. The van der Waals surface area contributed by atoms with Gasteiger partial charge in [0.15, 0.2) is 0 Å². The van der Waals surface area contributed by atoms with Crippen molar-refractivity contribution in [2.75, 3.05) is 0 Å². The smallest absolute Gasteiger partial charge is 0.137 e. The van der Waals surface area contributed by atoms with E-state index < -0.39 is 6.04 Å². The van der Waals surface area contributed by atoms with Gasteiger partial charge in [-0.1, -0.05) is 109 Å². The molecule has 3 aromatic heterocycles. The highest BCUT2D eigenvalue weighted by molar-refractivity contribution is 6.15. The van der Waals surface area contributed by atoms with Crippen molar-refractivity contribution in [1.82, 2.24) is 9.13 Å². The molecule has 0 aliphatic carbocycles. The van der Waals surface area contributed by atoms with Gasteiger partial charge in [0.1, 0.15) is 11.2 Å². The lowest BCUT2D eigenvalue weighted by molar-refractivity contribution is 0.668. The van der Waals surface area contributed by atoms with Gasteiger partial charge in [-0.15, -0.1) is 0 Å². The average Bonchev–Trinajstić information content (AvgIpc) is 3.90. The summed E-state index contributed by atoms with van der Waals surface area (Å²) < 4.78 is 53.0. The van der Waals surface area contributed by atoms with Gasteiger partial charge in [0.25, 0.3) is 0 Å². The molecule has 0 spiro atoms. The molecule has 3 heterocycles. The van der Waals surface area contributed by atoms with Crippen molar-refractivity contribution in [1.29, 1.82) is 0 Å². The summed E-state index contributed by atoms with van der Waals surface area (Å²) in [6.45, 7) is 2.11. The van der Waals surface area contributed by atoms with Crippen LogP contribution >= 0.6 is 0 Å². The lowest BCUT2D eigenvalue weighted by Gasteiger charge is -2.10. The first-order valence-corrected chi connectivity index (χ1v) is 17.4. The molecule has 3 nitrogen and oxygen atoms in total. The molecule has 0 N–H and O–H groups in total. The average molecular weight is 670 g/mol. The lowest BCUT2D eigenvalue weighted by atomic mass is 9.99. The van der Waals surface area contributed by atoms with E-state index in [1.54, 1.807) is 12.1 Å². The molecule has 8 aromatic carbocycles. The summed E-state index contributed by atoms with van der Waals surface area (Å²) in [5.74, 6) is 0. The number of aromatic nitrogens is 2. The summed E-state index contributed by atoms with van der Waals surface area (Å²) in [7, 11) is 0. The zero-order valence-electron chi connectivity index (χ0n) is 33.2. The van der Waals surface area contributed by atoms with Crippen LogP contribution in [0.2, 0.25) is 0 Å². The fourth-order valence-corrected chi connectivity index (χ4v) is 8.10. The molecular weight excluding hydrogens is 633 g/mol. The second kappa shape index (κ2) is 11.1. The number of rotatable bonds is 4. The maximum atomic E-state index is 8.66. The SMILES string of the molecule is [2H]c1c([2H])c([2H])c(-c2cccc3oc4cc(-n5c6ccccc6c6cc(-c7ccc8c(c7)c7ccccc7n8-c7ccc(C)cc7)ccc65)ccc4c23)c([2H])c1[2H]. The fraction of sp³-hybridized carbons (Fsp3) is 0.0204. The van der Waals surface area contributed by atoms with Crippen molar-refractivity contribution < 1.29 is 11.3 Å². The predicted octanol–water partition coefficient (Wildman–Crippen LogP) is 13.4. The van der Waals surface area contributed by atoms with Crippen LogP contribution in [0.1, 0.15) is 12.4 Å². The highest BCUT2D eigenvalue weighted by Gasteiger charge is 2.18. The van der Waals surface area contributed by atoms with Gasteiger partial charge in [0, 0.05) is 49.8 Å². The van der Waals surface area contributed by atoms with Crippen LogP contribution in [0, 0.1) is 6.92 Å². The lowest BCUT2D eigenvalue weighted by Crippen LogP contribution is -1.94. The maximum Gasteiger partial charge on any atom is 0.137 e. The van der Waals surface area contributed by atoms with E-state index in [9.17, 15) is 0 Å². The van der Waals surface area contributed by atoms with Crippen LogP contribution < -0.4 is 0 Å². The van der Waals surface area contributed by atoms with E-state index in [4.69, 9.17) is 11.3 Å². The van der Waals surface area contributed by atoms with E-state index in [0.29, 0.717) is 22.1 Å². The van der Waals surface area contributed by atoms with Gasteiger partial charge in [-0.25, -0.2) is 0 Å². The summed E-state index contributed by atoms with van der Waals surface area (Å²) in [6, 6.07) is 49.1. The molecule has 0 radical (unpaired) electrons. The molecule has 0 aliphatic heterocycles. The first-order chi connectivity index (χ1) is 27.8. The van der Waals surface area contributed by atoms with Crippen LogP contribution in [0.15, 0.2) is 180 Å². The standard InChI is InChI=1S/C49H32N2O/c1-31-18-22-35(23-19-31)50-43-15-7-5-12-38(43)41-28-33(20-26-45(41)50)34-21-27-46-42(29-34)39-13-6-8-16-44(39)51(46)36-24-25-40-48(30-36)52-47-17-9-14-37(49(40)47)32-10-3-2-4-11-32/h2-30H,1H3/i2D,3D,4D,10D,11D. The number of hydrogen-bond acceptors (Lipinski definition) is 1. The van der Waals surface area contributed by atoms with Crippen LogP contribution in [-0.4, -0.2) is 9.13 Å². The Hall–Kier alpha value is -6.84. The molecule has 0 aliphatic rings. The molecule has 0 bridgehead atoms. The second-order valence-corrected chi connectivity index (χ2v) is 13.5. The van der Waals surface area contributed by atoms with Gasteiger partial charge in [0.05, 0.1) is 28.9 Å². The highest BCUT2D eigenvalue weighted by atomic mass is 16.3. The maximum absolute atomic E-state index is 8.66. The zero-order chi connectivity index (χ0) is 38.7. The fourth-order valence-electron chi connectivity index (χ4n) is 8.10. The number of nitrogens with zero attached hydrogens (tertiary/aromatic N) is 2. The first-order valence-electron chi connectivity index (χ1n) is 19.9. The van der Waals surface area contributed by atoms with Crippen molar-refractivity contribution >= 4 is 65.6 Å². The van der Waals surface area contributed by atoms with E-state index in [0.717, 1.165) is 49.7 Å². The Bertz CT molecular complexity index is 3450. The number of para-hydroxylation sites is 2. The van der Waals surface area contributed by atoms with Crippen molar-refractivity contribution in [3.63, 3.8) is 0 Å². The molecule has 0 amide bonds. The quantitative estimate of drug-likeness (QED) is 0.183. The normalized spacial score (nSPS) is 13.3. The largest absolute Gasteiger partial charge is 0.456 e. The Morgan fingerprint density at radius 1 is 0.442 bits per heavy atom. The predicted molar refractivity (Wildman–Crippen MR) is 218 cm³/mol. The van der Waals surface area contributed by atoms with Crippen LogP contribution in [0.5, 0.6) is 0 Å². The molecule has 3 heteroatoms. The third-order valence-corrected chi connectivity index (χ3v) is 10.5. The van der Waals surface area contributed by atoms with E-state index in [2.05, 4.69) is 131 Å². The number of hydrogen-bond donors (Lipinski definition) is 0. The Kier molecular flexibility index (Phi) is 5.19. The molecule has 11 rings (SSSR count). The number of aryl methyl sites for hydroxylation is 1. The number of furan rings is 1. The van der Waals surface area contributed by atoms with Crippen molar-refractivity contribution in [2.45, 2.75) is 6.92 Å². The van der Waals surface area contributed by atoms with E-state index in [1.807, 2.05) is 18.2 Å². The molecule has 11 aromatic rings. The van der Waals surface area contributed by atoms with Crippen molar-refractivity contribution in [3.05, 3.63) is 181 Å². The van der Waals surface area contributed by atoms with Gasteiger partial charge >= 0.3 is 0 Å². The Balaban J connectivity index is 1.06. The molecule has 0 fully saturated rings. The van der Waals surface area contributed by atoms with Gasteiger partial charge in [-0.3, -0.25) is 0 Å².